The van der Waals surface area contributed by atoms with Crippen molar-refractivity contribution in [2.45, 2.75) is 42.6 Å². The normalized spacial score (nSPS) is 21.1. The molecule has 40 heavy (non-hydrogen) atoms. The average molecular weight is 833 g/mol. The van der Waals surface area contributed by atoms with Crippen molar-refractivity contribution in [1.29, 1.82) is 0 Å². The predicted octanol–water partition coefficient (Wildman–Crippen LogP) is 12.0. The van der Waals surface area contributed by atoms with Crippen molar-refractivity contribution in [2.24, 2.45) is 0 Å². The van der Waals surface area contributed by atoms with Gasteiger partial charge in [0, 0.05) is 0 Å². The van der Waals surface area contributed by atoms with Gasteiger partial charge in [-0.1, -0.05) is 0 Å². The van der Waals surface area contributed by atoms with E-state index in [2.05, 4.69) is 152 Å². The van der Waals surface area contributed by atoms with Crippen LogP contribution in [0.1, 0.15) is 43.5 Å². The van der Waals surface area contributed by atoms with E-state index < -0.39 is 28.0 Å². The molecule has 200 valence electrons. The molecule has 1 fully saturated rings. The van der Waals surface area contributed by atoms with E-state index >= 15 is 0 Å². The summed E-state index contributed by atoms with van der Waals surface area (Å²) in [4.78, 5) is 0. The molecule has 4 heteroatoms. The maximum atomic E-state index is 3.64. The predicted molar refractivity (Wildman–Crippen MR) is 179 cm³/mol. The average Bonchev–Trinajstić information content (AvgIpc) is 3.56. The van der Waals surface area contributed by atoms with Crippen LogP contribution in [0.5, 0.6) is 0 Å². The molecule has 1 saturated heterocycles. The monoisotopic (exact) mass is 832 g/mol. The molecule has 0 spiro atoms. The summed E-state index contributed by atoms with van der Waals surface area (Å²) in [5.41, 5.74) is 11.8. The summed E-state index contributed by atoms with van der Waals surface area (Å²) in [6.07, 6.45) is 5.43. The summed E-state index contributed by atoms with van der Waals surface area (Å²) in [7, 11) is -1.88. The van der Waals surface area contributed by atoms with Crippen molar-refractivity contribution in [3.8, 4) is 22.3 Å². The first-order valence-corrected chi connectivity index (χ1v) is 29.9. The number of rotatable bonds is 4. The quantitative estimate of drug-likeness (QED) is 0.180. The molecule has 1 aliphatic heterocycles. The molecule has 4 aromatic rings. The van der Waals surface area contributed by atoms with Crippen molar-refractivity contribution >= 4 is 52.1 Å². The zero-order chi connectivity index (χ0) is 27.8. The Bertz CT molecular complexity index is 1590. The first kappa shape index (κ1) is 27.3. The SMILES string of the molecule is CC[Si]1(CC)C2=Cc3c(-c4ccc(Br)cc4)cccc3[CH]2[Hf]([CH3])([CH3])[CH]2C1=Cc1c(-c3ccc(Br)cc3)cccc12. The minimum atomic E-state index is -3.02. The molecule has 2 unspecified atom stereocenters. The van der Waals surface area contributed by atoms with Crippen LogP contribution in [0.2, 0.25) is 21.4 Å². The van der Waals surface area contributed by atoms with Crippen LogP contribution in [-0.4, -0.2) is 8.07 Å². The summed E-state index contributed by atoms with van der Waals surface area (Å²) in [5.74, 6) is 0. The van der Waals surface area contributed by atoms with E-state index in [1.165, 1.54) is 45.5 Å². The van der Waals surface area contributed by atoms with Gasteiger partial charge in [0.15, 0.2) is 0 Å². The van der Waals surface area contributed by atoms with E-state index in [0.29, 0.717) is 7.35 Å². The van der Waals surface area contributed by atoms with Crippen LogP contribution in [0.3, 0.4) is 0 Å². The fourth-order valence-corrected chi connectivity index (χ4v) is 40.8. The van der Waals surface area contributed by atoms with Gasteiger partial charge in [0.1, 0.15) is 0 Å². The third-order valence-corrected chi connectivity index (χ3v) is 34.0. The second kappa shape index (κ2) is 10.0. The summed E-state index contributed by atoms with van der Waals surface area (Å²) in [6.45, 7) is 5.00. The Morgan fingerprint density at radius 2 is 1.00 bits per heavy atom. The topological polar surface area (TPSA) is 0 Å². The van der Waals surface area contributed by atoms with Crippen LogP contribution in [0.4, 0.5) is 0 Å². The van der Waals surface area contributed by atoms with E-state index in [-0.39, 0.29) is 0 Å². The molecule has 0 bridgehead atoms. The molecule has 0 aromatic heterocycles. The van der Waals surface area contributed by atoms with Crippen LogP contribution < -0.4 is 0 Å². The van der Waals surface area contributed by atoms with E-state index in [9.17, 15) is 0 Å². The molecule has 0 N–H and O–H groups in total. The van der Waals surface area contributed by atoms with Gasteiger partial charge in [0.2, 0.25) is 0 Å². The Labute approximate surface area is 261 Å². The van der Waals surface area contributed by atoms with Gasteiger partial charge in [-0.2, -0.15) is 0 Å². The van der Waals surface area contributed by atoms with Gasteiger partial charge in [-0.25, -0.2) is 0 Å². The summed E-state index contributed by atoms with van der Waals surface area (Å²) in [6, 6.07) is 34.7. The van der Waals surface area contributed by atoms with E-state index in [0.717, 1.165) is 8.95 Å². The summed E-state index contributed by atoms with van der Waals surface area (Å²) >= 11 is 4.26. The Morgan fingerprint density at radius 1 is 0.600 bits per heavy atom. The first-order chi connectivity index (χ1) is 19.3. The Balaban J connectivity index is 1.46. The zero-order valence-electron chi connectivity index (χ0n) is 23.6. The van der Waals surface area contributed by atoms with Crippen molar-refractivity contribution in [1.82, 2.24) is 0 Å². The van der Waals surface area contributed by atoms with Crippen LogP contribution in [0.15, 0.2) is 104 Å². The molecule has 0 amide bonds. The molecular formula is C36H34Br2HfSi. The number of halogens is 2. The molecule has 7 rings (SSSR count). The van der Waals surface area contributed by atoms with Gasteiger partial charge in [-0.3, -0.25) is 0 Å². The second-order valence-electron chi connectivity index (χ2n) is 12.3. The van der Waals surface area contributed by atoms with Crippen LogP contribution in [0.25, 0.3) is 34.4 Å². The number of fused-ring (bicyclic) bond motifs is 6. The Kier molecular flexibility index (Phi) is 6.81. The molecular weight excluding hydrogens is 799 g/mol. The third kappa shape index (κ3) is 3.88. The van der Waals surface area contributed by atoms with Crippen molar-refractivity contribution in [2.75, 3.05) is 0 Å². The molecule has 4 aromatic carbocycles. The third-order valence-electron chi connectivity index (χ3n) is 10.2. The number of hydrogen-bond acceptors (Lipinski definition) is 0. The van der Waals surface area contributed by atoms with Gasteiger partial charge in [-0.05, 0) is 0 Å². The van der Waals surface area contributed by atoms with Crippen molar-refractivity contribution in [3.63, 3.8) is 0 Å². The summed E-state index contributed by atoms with van der Waals surface area (Å²) in [5, 5.41) is 3.73. The number of allylic oxidation sites excluding steroid dienone is 2. The van der Waals surface area contributed by atoms with Gasteiger partial charge < -0.3 is 0 Å². The molecule has 0 saturated carbocycles. The van der Waals surface area contributed by atoms with E-state index in [1.807, 2.05) is 10.4 Å². The van der Waals surface area contributed by atoms with Crippen LogP contribution in [0, 0.1) is 0 Å². The van der Waals surface area contributed by atoms with Crippen molar-refractivity contribution < 1.29 is 20.0 Å². The standard InChI is InChI=1S/C34H28Br2Si.2CH3.Hf/c1-3-37(4-2,29-19-25-7-5-9-31(33(25)21-29)23-11-15-27(35)16-12-23)30-20-26-8-6-10-32(34(26)22-30)24-13-17-28(36)18-14-24;;;/h5-22H,3-4H2,1-2H3;2*1H3;. The molecule has 0 radical (unpaired) electrons. The summed E-state index contributed by atoms with van der Waals surface area (Å²) < 4.78 is 9.17. The molecule has 2 atom stereocenters. The fourth-order valence-electron chi connectivity index (χ4n) is 8.40. The Hall–Kier alpha value is -1.59. The van der Waals surface area contributed by atoms with Gasteiger partial charge in [0.05, 0.1) is 0 Å². The number of benzene rings is 4. The second-order valence-corrected chi connectivity index (χ2v) is 36.1. The van der Waals surface area contributed by atoms with E-state index in [1.54, 1.807) is 11.1 Å². The van der Waals surface area contributed by atoms with E-state index in [4.69, 9.17) is 0 Å². The Morgan fingerprint density at radius 3 is 1.38 bits per heavy atom. The van der Waals surface area contributed by atoms with Crippen LogP contribution >= 0.6 is 31.9 Å². The molecule has 1 heterocycles. The van der Waals surface area contributed by atoms with Gasteiger partial charge >= 0.3 is 263 Å². The van der Waals surface area contributed by atoms with Crippen molar-refractivity contribution in [3.05, 3.63) is 127 Å². The number of hydrogen-bond donors (Lipinski definition) is 0. The zero-order valence-corrected chi connectivity index (χ0v) is 31.3. The van der Waals surface area contributed by atoms with Gasteiger partial charge in [0.25, 0.3) is 0 Å². The van der Waals surface area contributed by atoms with Crippen LogP contribution in [-0.2, 0) is 20.0 Å². The van der Waals surface area contributed by atoms with Gasteiger partial charge in [-0.15, -0.1) is 0 Å². The fraction of sp³-hybridized carbons (Fsp3) is 0.222. The first-order valence-electron chi connectivity index (χ1n) is 14.5. The maximum absolute atomic E-state index is 3.64. The molecule has 0 nitrogen and oxygen atoms in total. The minimum absolute atomic E-state index is 0.675. The molecule has 3 aliphatic rings. The molecule has 2 aliphatic carbocycles.